The van der Waals surface area contributed by atoms with E-state index in [1.807, 2.05) is 44.2 Å². The Labute approximate surface area is 198 Å². The molecule has 0 bridgehead atoms. The van der Waals surface area contributed by atoms with Crippen LogP contribution in [0, 0.1) is 13.8 Å². The highest BCUT2D eigenvalue weighted by molar-refractivity contribution is 7.99. The van der Waals surface area contributed by atoms with Crippen LogP contribution < -0.4 is 11.2 Å². The second kappa shape index (κ2) is 9.23. The Morgan fingerprint density at radius 1 is 1.09 bits per heavy atom. The first-order valence-electron chi connectivity index (χ1n) is 9.54. The number of anilines is 1. The maximum Gasteiger partial charge on any atom is 0.236 e. The smallest absolute Gasteiger partial charge is 0.236 e. The second-order valence-electron chi connectivity index (χ2n) is 7.06. The van der Waals surface area contributed by atoms with Gasteiger partial charge in [-0.25, -0.2) is 9.36 Å². The minimum Gasteiger partial charge on any atom is -0.335 e. The van der Waals surface area contributed by atoms with Gasteiger partial charge in [-0.3, -0.25) is 4.79 Å². The van der Waals surface area contributed by atoms with Crippen LogP contribution in [0.4, 0.5) is 5.82 Å². The lowest BCUT2D eigenvalue weighted by Crippen LogP contribution is -2.18. The normalized spacial score (nSPS) is 11.0. The Balaban J connectivity index is 1.46. The SMILES string of the molecule is Cc1ccc(-n2nc(C)cc2NC(=O)CSc2nnc(-c3cc(Cl)ccc3Cl)n2N)cc1. The Hall–Kier alpha value is -3.01. The predicted molar refractivity (Wildman–Crippen MR) is 128 cm³/mol. The van der Waals surface area contributed by atoms with Crippen LogP contribution >= 0.6 is 35.0 Å². The van der Waals surface area contributed by atoms with E-state index in [4.69, 9.17) is 29.0 Å². The molecule has 1 amide bonds. The molecule has 4 aromatic rings. The van der Waals surface area contributed by atoms with Gasteiger partial charge in [0.2, 0.25) is 11.1 Å². The fourth-order valence-electron chi connectivity index (χ4n) is 3.01. The highest BCUT2D eigenvalue weighted by Gasteiger charge is 2.17. The molecule has 32 heavy (non-hydrogen) atoms. The van der Waals surface area contributed by atoms with Gasteiger partial charge in [0.1, 0.15) is 5.82 Å². The number of nitrogen functional groups attached to an aromatic ring is 1. The van der Waals surface area contributed by atoms with Gasteiger partial charge >= 0.3 is 0 Å². The molecule has 0 atom stereocenters. The number of nitrogens with two attached hydrogens (primary N) is 1. The minimum absolute atomic E-state index is 0.0801. The lowest BCUT2D eigenvalue weighted by atomic mass is 10.2. The molecule has 0 fully saturated rings. The van der Waals surface area contributed by atoms with Crippen LogP contribution in [-0.4, -0.2) is 36.3 Å². The summed E-state index contributed by atoms with van der Waals surface area (Å²) >= 11 is 13.4. The van der Waals surface area contributed by atoms with Crippen molar-refractivity contribution in [2.45, 2.75) is 19.0 Å². The highest BCUT2D eigenvalue weighted by atomic mass is 35.5. The average molecular weight is 488 g/mol. The zero-order valence-corrected chi connectivity index (χ0v) is 19.5. The van der Waals surface area contributed by atoms with Gasteiger partial charge in [-0.05, 0) is 44.2 Å². The van der Waals surface area contributed by atoms with E-state index in [0.717, 1.165) is 28.7 Å². The Morgan fingerprint density at radius 2 is 1.84 bits per heavy atom. The monoisotopic (exact) mass is 487 g/mol. The van der Waals surface area contributed by atoms with Gasteiger partial charge in [0, 0.05) is 16.7 Å². The summed E-state index contributed by atoms with van der Waals surface area (Å²) in [6.45, 7) is 3.88. The zero-order valence-electron chi connectivity index (χ0n) is 17.2. The molecule has 0 spiro atoms. The lowest BCUT2D eigenvalue weighted by Gasteiger charge is -2.09. The third-order valence-corrected chi connectivity index (χ3v) is 6.05. The first kappa shape index (κ1) is 22.2. The molecule has 0 aliphatic heterocycles. The number of benzene rings is 2. The fourth-order valence-corrected chi connectivity index (χ4v) is 4.04. The highest BCUT2D eigenvalue weighted by Crippen LogP contribution is 2.30. The third-order valence-electron chi connectivity index (χ3n) is 4.54. The number of carbonyl (C=O) groups excluding carboxylic acids is 1. The number of hydrogen-bond acceptors (Lipinski definition) is 6. The van der Waals surface area contributed by atoms with Crippen molar-refractivity contribution in [3.63, 3.8) is 0 Å². The summed E-state index contributed by atoms with van der Waals surface area (Å²) < 4.78 is 2.98. The molecule has 2 aromatic heterocycles. The Bertz CT molecular complexity index is 1280. The van der Waals surface area contributed by atoms with Gasteiger partial charge in [-0.2, -0.15) is 5.10 Å². The molecule has 0 aliphatic rings. The molecule has 3 N–H and O–H groups in total. The number of nitrogens with one attached hydrogen (secondary N) is 1. The minimum atomic E-state index is -0.228. The van der Waals surface area contributed by atoms with Crippen molar-refractivity contribution in [2.24, 2.45) is 0 Å². The standard InChI is InChI=1S/C21H19Cl2N7OS/c1-12-3-6-15(7-4-12)30-18(9-13(2)28-30)25-19(31)11-32-21-27-26-20(29(21)24)16-10-14(22)5-8-17(16)23/h3-10H,11,24H2,1-2H3,(H,25,31). The number of carbonyl (C=O) groups is 1. The number of nitrogens with zero attached hydrogens (tertiary/aromatic N) is 5. The molecule has 0 aliphatic carbocycles. The van der Waals surface area contributed by atoms with Crippen LogP contribution in [0.1, 0.15) is 11.3 Å². The molecular weight excluding hydrogens is 469 g/mol. The van der Waals surface area contributed by atoms with Crippen LogP contribution in [0.15, 0.2) is 53.7 Å². The fraction of sp³-hybridized carbons (Fsp3) is 0.143. The predicted octanol–water partition coefficient (Wildman–Crippen LogP) is 4.50. The van der Waals surface area contributed by atoms with E-state index >= 15 is 0 Å². The first-order valence-corrected chi connectivity index (χ1v) is 11.3. The molecule has 0 unspecified atom stereocenters. The van der Waals surface area contributed by atoms with Crippen molar-refractivity contribution >= 4 is 46.7 Å². The van der Waals surface area contributed by atoms with Gasteiger partial charge in [-0.15, -0.1) is 10.2 Å². The summed E-state index contributed by atoms with van der Waals surface area (Å²) in [5.41, 5.74) is 3.35. The molecule has 0 saturated carbocycles. The lowest BCUT2D eigenvalue weighted by molar-refractivity contribution is -0.113. The molecule has 8 nitrogen and oxygen atoms in total. The summed E-state index contributed by atoms with van der Waals surface area (Å²) in [6.07, 6.45) is 0. The zero-order chi connectivity index (χ0) is 22.8. The molecular formula is C21H19Cl2N7OS. The van der Waals surface area contributed by atoms with Crippen molar-refractivity contribution in [2.75, 3.05) is 16.9 Å². The van der Waals surface area contributed by atoms with Gasteiger partial charge < -0.3 is 11.2 Å². The van der Waals surface area contributed by atoms with Crippen molar-refractivity contribution in [3.05, 3.63) is 69.8 Å². The largest absolute Gasteiger partial charge is 0.335 e. The number of aromatic nitrogens is 5. The topological polar surface area (TPSA) is 104 Å². The number of rotatable bonds is 6. The van der Waals surface area contributed by atoms with Crippen molar-refractivity contribution < 1.29 is 4.79 Å². The first-order chi connectivity index (χ1) is 15.3. The summed E-state index contributed by atoms with van der Waals surface area (Å²) in [5.74, 6) is 6.92. The van der Waals surface area contributed by atoms with Crippen LogP contribution in [0.5, 0.6) is 0 Å². The molecule has 0 saturated heterocycles. The molecule has 164 valence electrons. The quantitative estimate of drug-likeness (QED) is 0.306. The summed E-state index contributed by atoms with van der Waals surface area (Å²) in [4.78, 5) is 12.6. The van der Waals surface area contributed by atoms with Crippen molar-refractivity contribution in [1.29, 1.82) is 0 Å². The van der Waals surface area contributed by atoms with Gasteiger partial charge in [0.25, 0.3) is 0 Å². The van der Waals surface area contributed by atoms with E-state index < -0.39 is 0 Å². The van der Waals surface area contributed by atoms with Crippen LogP contribution in [0.25, 0.3) is 17.1 Å². The summed E-state index contributed by atoms with van der Waals surface area (Å²) in [5, 5.41) is 16.8. The van der Waals surface area contributed by atoms with E-state index in [2.05, 4.69) is 20.6 Å². The van der Waals surface area contributed by atoms with E-state index in [1.54, 1.807) is 22.9 Å². The number of aryl methyl sites for hydroxylation is 2. The maximum absolute atomic E-state index is 12.6. The molecule has 2 aromatic carbocycles. The maximum atomic E-state index is 12.6. The van der Waals surface area contributed by atoms with E-state index in [9.17, 15) is 4.79 Å². The average Bonchev–Trinajstić information content (AvgIpc) is 3.31. The van der Waals surface area contributed by atoms with E-state index in [0.29, 0.717) is 32.4 Å². The second-order valence-corrected chi connectivity index (χ2v) is 8.84. The van der Waals surface area contributed by atoms with Gasteiger partial charge in [-0.1, -0.05) is 52.7 Å². The van der Waals surface area contributed by atoms with E-state index in [1.165, 1.54) is 4.68 Å². The molecule has 2 heterocycles. The Morgan fingerprint density at radius 3 is 2.59 bits per heavy atom. The van der Waals surface area contributed by atoms with Gasteiger partial charge in [0.05, 0.1) is 22.2 Å². The van der Waals surface area contributed by atoms with Crippen molar-refractivity contribution in [1.82, 2.24) is 24.7 Å². The number of hydrogen-bond donors (Lipinski definition) is 2. The number of halogens is 2. The van der Waals surface area contributed by atoms with Crippen LogP contribution in [0.2, 0.25) is 10.0 Å². The van der Waals surface area contributed by atoms with E-state index in [-0.39, 0.29) is 11.7 Å². The van der Waals surface area contributed by atoms with Crippen molar-refractivity contribution in [3.8, 4) is 17.1 Å². The number of amides is 1. The molecule has 0 radical (unpaired) electrons. The summed E-state index contributed by atoms with van der Waals surface area (Å²) in [7, 11) is 0. The van der Waals surface area contributed by atoms with Crippen LogP contribution in [-0.2, 0) is 4.79 Å². The third kappa shape index (κ3) is 4.74. The molecule has 4 rings (SSSR count). The van der Waals surface area contributed by atoms with Crippen LogP contribution in [0.3, 0.4) is 0 Å². The molecule has 11 heteroatoms. The number of thioether (sulfide) groups is 1. The summed E-state index contributed by atoms with van der Waals surface area (Å²) in [6, 6.07) is 14.7. The Kier molecular flexibility index (Phi) is 6.40. The van der Waals surface area contributed by atoms with Gasteiger partial charge in [0.15, 0.2) is 5.82 Å².